The number of hydrogen-bond acceptors (Lipinski definition) is 5. The van der Waals surface area contributed by atoms with E-state index in [1.165, 1.54) is 19.3 Å². The molecule has 0 bridgehead atoms. The summed E-state index contributed by atoms with van der Waals surface area (Å²) >= 11 is 0. The van der Waals surface area contributed by atoms with E-state index in [-0.39, 0.29) is 0 Å². The van der Waals surface area contributed by atoms with Gasteiger partial charge in [-0.1, -0.05) is 31.3 Å². The zero-order valence-corrected chi connectivity index (χ0v) is 12.3. The molecule has 2 atom stereocenters. The van der Waals surface area contributed by atoms with Gasteiger partial charge in [0.2, 0.25) is 0 Å². The summed E-state index contributed by atoms with van der Waals surface area (Å²) in [7, 11) is 0. The molecule has 2 heterocycles. The quantitative estimate of drug-likeness (QED) is 0.888. The highest BCUT2D eigenvalue weighted by molar-refractivity contribution is 5.05. The number of nitrogens with one attached hydrogen (secondary N) is 1. The monoisotopic (exact) mass is 279 g/mol. The highest BCUT2D eigenvalue weighted by Gasteiger charge is 2.38. The predicted molar refractivity (Wildman–Crippen MR) is 75.3 cm³/mol. The van der Waals surface area contributed by atoms with Crippen molar-refractivity contribution in [1.29, 1.82) is 0 Å². The van der Waals surface area contributed by atoms with Gasteiger partial charge in [-0.3, -0.25) is 0 Å². The Balaban J connectivity index is 1.73. The second-order valence-corrected chi connectivity index (χ2v) is 6.38. The minimum Gasteiger partial charge on any atom is -0.380 e. The lowest BCUT2D eigenvalue weighted by molar-refractivity contribution is -0.0228. The molecule has 2 fully saturated rings. The third-order valence-electron chi connectivity index (χ3n) is 5.00. The van der Waals surface area contributed by atoms with Crippen LogP contribution in [0.2, 0.25) is 0 Å². The number of piperidine rings is 1. The largest absolute Gasteiger partial charge is 0.380 e. The number of aromatic nitrogens is 2. The van der Waals surface area contributed by atoms with Crippen molar-refractivity contribution in [3.8, 4) is 0 Å². The SMILES string of the molecule is CCC1CCCC(c2noc(C3(O)CCNCC3)n2)C1. The van der Waals surface area contributed by atoms with Gasteiger partial charge in [-0.25, -0.2) is 0 Å². The minimum absolute atomic E-state index is 0.413. The summed E-state index contributed by atoms with van der Waals surface area (Å²) in [4.78, 5) is 4.54. The lowest BCUT2D eigenvalue weighted by Gasteiger charge is -2.29. The summed E-state index contributed by atoms with van der Waals surface area (Å²) in [6, 6.07) is 0. The Labute approximate surface area is 120 Å². The third-order valence-corrected chi connectivity index (χ3v) is 5.00. The van der Waals surface area contributed by atoms with Gasteiger partial charge < -0.3 is 14.9 Å². The van der Waals surface area contributed by atoms with Crippen LogP contribution < -0.4 is 5.32 Å². The first-order chi connectivity index (χ1) is 9.71. The van der Waals surface area contributed by atoms with Gasteiger partial charge in [-0.2, -0.15) is 4.98 Å². The molecule has 20 heavy (non-hydrogen) atoms. The van der Waals surface area contributed by atoms with Gasteiger partial charge in [0.25, 0.3) is 5.89 Å². The molecule has 2 aliphatic rings. The van der Waals surface area contributed by atoms with E-state index in [4.69, 9.17) is 4.52 Å². The Morgan fingerprint density at radius 3 is 2.90 bits per heavy atom. The summed E-state index contributed by atoms with van der Waals surface area (Å²) in [5, 5.41) is 18.0. The van der Waals surface area contributed by atoms with Gasteiger partial charge in [0.15, 0.2) is 5.82 Å². The average Bonchev–Trinajstić information content (AvgIpc) is 2.99. The lowest BCUT2D eigenvalue weighted by Crippen LogP contribution is -2.40. The average molecular weight is 279 g/mol. The molecule has 2 N–H and O–H groups in total. The number of aliphatic hydroxyl groups is 1. The Morgan fingerprint density at radius 1 is 1.35 bits per heavy atom. The van der Waals surface area contributed by atoms with Gasteiger partial charge in [-0.05, 0) is 44.7 Å². The van der Waals surface area contributed by atoms with E-state index in [9.17, 15) is 5.11 Å². The fourth-order valence-corrected chi connectivity index (χ4v) is 3.54. The van der Waals surface area contributed by atoms with Crippen LogP contribution in [0.4, 0.5) is 0 Å². The van der Waals surface area contributed by atoms with Gasteiger partial charge in [0.1, 0.15) is 5.60 Å². The van der Waals surface area contributed by atoms with Crippen LogP contribution in [0.25, 0.3) is 0 Å². The summed E-state index contributed by atoms with van der Waals surface area (Å²) < 4.78 is 5.39. The Morgan fingerprint density at radius 2 is 2.15 bits per heavy atom. The Bertz CT molecular complexity index is 440. The zero-order chi connectivity index (χ0) is 14.0. The van der Waals surface area contributed by atoms with Crippen molar-refractivity contribution in [3.05, 3.63) is 11.7 Å². The number of nitrogens with zero attached hydrogens (tertiary/aromatic N) is 2. The van der Waals surface area contributed by atoms with Crippen molar-refractivity contribution in [2.24, 2.45) is 5.92 Å². The van der Waals surface area contributed by atoms with Crippen LogP contribution in [-0.4, -0.2) is 28.3 Å². The van der Waals surface area contributed by atoms with Crippen LogP contribution in [0, 0.1) is 5.92 Å². The molecule has 5 heteroatoms. The Kier molecular flexibility index (Phi) is 4.08. The zero-order valence-electron chi connectivity index (χ0n) is 12.3. The van der Waals surface area contributed by atoms with E-state index in [1.54, 1.807) is 0 Å². The second-order valence-electron chi connectivity index (χ2n) is 6.38. The van der Waals surface area contributed by atoms with Gasteiger partial charge in [-0.15, -0.1) is 0 Å². The van der Waals surface area contributed by atoms with Crippen LogP contribution in [0.3, 0.4) is 0 Å². The maximum Gasteiger partial charge on any atom is 0.258 e. The molecular formula is C15H25N3O2. The highest BCUT2D eigenvalue weighted by atomic mass is 16.5. The molecule has 0 spiro atoms. The van der Waals surface area contributed by atoms with Crippen molar-refractivity contribution >= 4 is 0 Å². The standard InChI is InChI=1S/C15H25N3O2/c1-2-11-4-3-5-12(10-11)13-17-14(20-18-13)15(19)6-8-16-9-7-15/h11-12,16,19H,2-10H2,1H3. The molecular weight excluding hydrogens is 254 g/mol. The first-order valence-electron chi connectivity index (χ1n) is 7.98. The molecule has 1 aromatic rings. The summed E-state index contributed by atoms with van der Waals surface area (Å²) in [6.45, 7) is 3.86. The molecule has 1 aliphatic carbocycles. The van der Waals surface area contributed by atoms with Gasteiger partial charge >= 0.3 is 0 Å². The third kappa shape index (κ3) is 2.74. The fourth-order valence-electron chi connectivity index (χ4n) is 3.54. The lowest BCUT2D eigenvalue weighted by atomic mass is 9.80. The molecule has 5 nitrogen and oxygen atoms in total. The van der Waals surface area contributed by atoms with Crippen molar-refractivity contribution < 1.29 is 9.63 Å². The first kappa shape index (κ1) is 14.0. The molecule has 3 rings (SSSR count). The highest BCUT2D eigenvalue weighted by Crippen LogP contribution is 2.37. The summed E-state index contributed by atoms with van der Waals surface area (Å²) in [5.74, 6) is 2.44. The van der Waals surface area contributed by atoms with Crippen LogP contribution in [0.1, 0.15) is 69.5 Å². The van der Waals surface area contributed by atoms with E-state index in [0.717, 1.165) is 37.7 Å². The van der Waals surface area contributed by atoms with E-state index >= 15 is 0 Å². The first-order valence-corrected chi connectivity index (χ1v) is 7.98. The fraction of sp³-hybridized carbons (Fsp3) is 0.867. The van der Waals surface area contributed by atoms with Crippen LogP contribution in [0.15, 0.2) is 4.52 Å². The van der Waals surface area contributed by atoms with E-state index in [0.29, 0.717) is 24.7 Å². The molecule has 1 saturated heterocycles. The maximum atomic E-state index is 10.6. The second kappa shape index (κ2) is 5.82. The van der Waals surface area contributed by atoms with Crippen LogP contribution in [0.5, 0.6) is 0 Å². The number of rotatable bonds is 3. The Hall–Kier alpha value is -0.940. The smallest absolute Gasteiger partial charge is 0.258 e. The maximum absolute atomic E-state index is 10.6. The molecule has 0 aromatic carbocycles. The van der Waals surface area contributed by atoms with Gasteiger partial charge in [0.05, 0.1) is 0 Å². The molecule has 1 aromatic heterocycles. The van der Waals surface area contributed by atoms with Crippen molar-refractivity contribution in [1.82, 2.24) is 15.5 Å². The molecule has 2 unspecified atom stereocenters. The van der Waals surface area contributed by atoms with Crippen LogP contribution in [-0.2, 0) is 5.60 Å². The predicted octanol–water partition coefficient (Wildman–Crippen LogP) is 2.32. The normalized spacial score (nSPS) is 30.3. The molecule has 0 radical (unpaired) electrons. The van der Waals surface area contributed by atoms with Crippen molar-refractivity contribution in [2.45, 2.75) is 63.4 Å². The molecule has 0 amide bonds. The molecule has 1 saturated carbocycles. The number of hydrogen-bond donors (Lipinski definition) is 2. The van der Waals surface area contributed by atoms with Crippen molar-refractivity contribution in [3.63, 3.8) is 0 Å². The van der Waals surface area contributed by atoms with Gasteiger partial charge in [0, 0.05) is 5.92 Å². The molecule has 1 aliphatic heterocycles. The summed E-state index contributed by atoms with van der Waals surface area (Å²) in [5.41, 5.74) is -0.921. The van der Waals surface area contributed by atoms with E-state index < -0.39 is 5.60 Å². The van der Waals surface area contributed by atoms with E-state index in [2.05, 4.69) is 22.4 Å². The van der Waals surface area contributed by atoms with Crippen LogP contribution >= 0.6 is 0 Å². The summed E-state index contributed by atoms with van der Waals surface area (Å²) in [6.07, 6.45) is 7.42. The topological polar surface area (TPSA) is 71.2 Å². The minimum atomic E-state index is -0.921. The molecule has 112 valence electrons. The van der Waals surface area contributed by atoms with Crippen molar-refractivity contribution in [2.75, 3.05) is 13.1 Å². The van der Waals surface area contributed by atoms with E-state index in [1.807, 2.05) is 0 Å².